The second-order valence-corrected chi connectivity index (χ2v) is 5.04. The molecule has 2 N–H and O–H groups in total. The average molecular weight is 303 g/mol. The number of nitrogens with zero attached hydrogens (tertiary/aromatic N) is 3. The Labute approximate surface area is 113 Å². The normalized spacial score (nSPS) is 11.0. The third kappa shape index (κ3) is 1.76. The summed E-state index contributed by atoms with van der Waals surface area (Å²) in [5.41, 5.74) is 9.64. The highest BCUT2D eigenvalue weighted by Crippen LogP contribution is 2.27. The summed E-state index contributed by atoms with van der Waals surface area (Å²) in [6.45, 7) is 1.92. The first kappa shape index (κ1) is 11.2. The Balaban J connectivity index is 2.30. The maximum atomic E-state index is 5.93. The van der Waals surface area contributed by atoms with Crippen LogP contribution in [0.5, 0.6) is 0 Å². The summed E-state index contributed by atoms with van der Waals surface area (Å²) in [4.78, 5) is 4.51. The predicted octanol–water partition coefficient (Wildman–Crippen LogP) is 3.05. The van der Waals surface area contributed by atoms with Crippen LogP contribution in [0, 0.1) is 6.92 Å². The standard InChI is InChI=1S/C13H11BrN4/c1-8-5-12(15)18-13(17-8)11(7-16-18)9-3-2-4-10(14)6-9/h2-7H,15H2,1H3. The van der Waals surface area contributed by atoms with Gasteiger partial charge >= 0.3 is 0 Å². The molecule has 2 aromatic heterocycles. The van der Waals surface area contributed by atoms with E-state index >= 15 is 0 Å². The predicted molar refractivity (Wildman–Crippen MR) is 75.3 cm³/mol. The number of nitrogens with two attached hydrogens (primary N) is 1. The fourth-order valence-electron chi connectivity index (χ4n) is 1.97. The Morgan fingerprint density at radius 2 is 2.11 bits per heavy atom. The molecule has 1 aromatic carbocycles. The summed E-state index contributed by atoms with van der Waals surface area (Å²) in [6, 6.07) is 9.86. The fourth-order valence-corrected chi connectivity index (χ4v) is 2.37. The SMILES string of the molecule is Cc1cc(N)n2ncc(-c3cccc(Br)c3)c2n1. The van der Waals surface area contributed by atoms with Crippen LogP contribution in [0.2, 0.25) is 0 Å². The Morgan fingerprint density at radius 1 is 1.28 bits per heavy atom. The zero-order valence-electron chi connectivity index (χ0n) is 9.76. The van der Waals surface area contributed by atoms with Crippen molar-refractivity contribution in [3.05, 3.63) is 46.7 Å². The number of aromatic nitrogens is 3. The number of benzene rings is 1. The van der Waals surface area contributed by atoms with Gasteiger partial charge in [0.25, 0.3) is 0 Å². The van der Waals surface area contributed by atoms with E-state index in [0.29, 0.717) is 5.82 Å². The zero-order valence-corrected chi connectivity index (χ0v) is 11.3. The monoisotopic (exact) mass is 302 g/mol. The van der Waals surface area contributed by atoms with Gasteiger partial charge in [-0.3, -0.25) is 0 Å². The van der Waals surface area contributed by atoms with E-state index in [1.54, 1.807) is 10.7 Å². The van der Waals surface area contributed by atoms with E-state index in [9.17, 15) is 0 Å². The van der Waals surface area contributed by atoms with Crippen LogP contribution < -0.4 is 5.73 Å². The van der Waals surface area contributed by atoms with Crippen molar-refractivity contribution < 1.29 is 0 Å². The van der Waals surface area contributed by atoms with Crippen LogP contribution in [0.25, 0.3) is 16.8 Å². The number of nitrogen functional groups attached to an aromatic ring is 1. The summed E-state index contributed by atoms with van der Waals surface area (Å²) in [7, 11) is 0. The first-order valence-electron chi connectivity index (χ1n) is 5.52. The van der Waals surface area contributed by atoms with Gasteiger partial charge in [-0.05, 0) is 24.6 Å². The lowest BCUT2D eigenvalue weighted by Gasteiger charge is -2.03. The number of anilines is 1. The van der Waals surface area contributed by atoms with Gasteiger partial charge in [0.1, 0.15) is 5.82 Å². The zero-order chi connectivity index (χ0) is 12.7. The molecule has 0 aliphatic carbocycles. The van der Waals surface area contributed by atoms with Gasteiger partial charge in [0, 0.05) is 21.8 Å². The lowest BCUT2D eigenvalue weighted by atomic mass is 10.1. The molecule has 5 heteroatoms. The third-order valence-corrected chi connectivity index (χ3v) is 3.26. The maximum absolute atomic E-state index is 5.93. The van der Waals surface area contributed by atoms with Crippen LogP contribution in [0.3, 0.4) is 0 Å². The summed E-state index contributed by atoms with van der Waals surface area (Å²) in [5, 5.41) is 4.28. The minimum Gasteiger partial charge on any atom is -0.384 e. The first-order valence-corrected chi connectivity index (χ1v) is 6.31. The van der Waals surface area contributed by atoms with Gasteiger partial charge in [-0.1, -0.05) is 28.1 Å². The topological polar surface area (TPSA) is 56.2 Å². The highest BCUT2D eigenvalue weighted by molar-refractivity contribution is 9.10. The van der Waals surface area contributed by atoms with Gasteiger partial charge in [-0.25, -0.2) is 4.98 Å². The molecule has 0 atom stereocenters. The number of hydrogen-bond donors (Lipinski definition) is 1. The van der Waals surface area contributed by atoms with Crippen LogP contribution in [0.1, 0.15) is 5.69 Å². The molecule has 3 rings (SSSR count). The van der Waals surface area contributed by atoms with Crippen molar-refractivity contribution in [1.29, 1.82) is 0 Å². The molecule has 0 aliphatic heterocycles. The summed E-state index contributed by atoms with van der Waals surface area (Å²) >= 11 is 3.47. The van der Waals surface area contributed by atoms with Crippen molar-refractivity contribution in [2.75, 3.05) is 5.73 Å². The number of halogens is 1. The van der Waals surface area contributed by atoms with Crippen molar-refractivity contribution in [3.63, 3.8) is 0 Å². The van der Waals surface area contributed by atoms with Crippen LogP contribution in [-0.2, 0) is 0 Å². The molecule has 0 bridgehead atoms. The number of aryl methyl sites for hydroxylation is 1. The number of fused-ring (bicyclic) bond motifs is 1. The maximum Gasteiger partial charge on any atom is 0.165 e. The van der Waals surface area contributed by atoms with Crippen LogP contribution in [-0.4, -0.2) is 14.6 Å². The van der Waals surface area contributed by atoms with Crippen LogP contribution in [0.4, 0.5) is 5.82 Å². The minimum absolute atomic E-state index is 0.596. The molecule has 0 fully saturated rings. The largest absolute Gasteiger partial charge is 0.384 e. The smallest absolute Gasteiger partial charge is 0.165 e. The van der Waals surface area contributed by atoms with Crippen LogP contribution >= 0.6 is 15.9 Å². The van der Waals surface area contributed by atoms with Crippen LogP contribution in [0.15, 0.2) is 41.0 Å². The van der Waals surface area contributed by atoms with Crippen molar-refractivity contribution in [3.8, 4) is 11.1 Å². The lowest BCUT2D eigenvalue weighted by Crippen LogP contribution is -2.01. The van der Waals surface area contributed by atoms with Gasteiger partial charge in [0.2, 0.25) is 0 Å². The fraction of sp³-hybridized carbons (Fsp3) is 0.0769. The summed E-state index contributed by atoms with van der Waals surface area (Å²) in [6.07, 6.45) is 1.79. The molecule has 2 heterocycles. The molecular formula is C13H11BrN4. The average Bonchev–Trinajstić information content (AvgIpc) is 2.72. The lowest BCUT2D eigenvalue weighted by molar-refractivity contribution is 0.942. The molecule has 0 unspecified atom stereocenters. The van der Waals surface area contributed by atoms with E-state index < -0.39 is 0 Å². The molecule has 0 amide bonds. The summed E-state index contributed by atoms with van der Waals surface area (Å²) < 4.78 is 2.68. The molecule has 0 saturated carbocycles. The molecule has 4 nitrogen and oxygen atoms in total. The van der Waals surface area contributed by atoms with E-state index in [1.165, 1.54) is 0 Å². The van der Waals surface area contributed by atoms with E-state index in [0.717, 1.165) is 26.9 Å². The number of rotatable bonds is 1. The molecule has 18 heavy (non-hydrogen) atoms. The second-order valence-electron chi connectivity index (χ2n) is 4.13. The van der Waals surface area contributed by atoms with Gasteiger partial charge in [0.05, 0.1) is 6.20 Å². The molecule has 0 radical (unpaired) electrons. The van der Waals surface area contributed by atoms with E-state index in [2.05, 4.69) is 26.0 Å². The summed E-state index contributed by atoms with van der Waals surface area (Å²) in [5.74, 6) is 0.596. The molecule has 0 saturated heterocycles. The van der Waals surface area contributed by atoms with Crippen molar-refractivity contribution in [1.82, 2.24) is 14.6 Å². The molecule has 0 spiro atoms. The Morgan fingerprint density at radius 3 is 2.89 bits per heavy atom. The van der Waals surface area contributed by atoms with Crippen molar-refractivity contribution >= 4 is 27.4 Å². The Kier molecular flexibility index (Phi) is 2.56. The number of hydrogen-bond acceptors (Lipinski definition) is 3. The quantitative estimate of drug-likeness (QED) is 0.751. The van der Waals surface area contributed by atoms with Gasteiger partial charge in [0.15, 0.2) is 5.65 Å². The molecule has 3 aromatic rings. The highest BCUT2D eigenvalue weighted by atomic mass is 79.9. The minimum atomic E-state index is 0.596. The Bertz CT molecular complexity index is 733. The Hall–Kier alpha value is -1.88. The van der Waals surface area contributed by atoms with Crippen molar-refractivity contribution in [2.45, 2.75) is 6.92 Å². The molecule has 0 aliphatic rings. The second kappa shape index (κ2) is 4.10. The van der Waals surface area contributed by atoms with E-state index in [1.807, 2.05) is 37.3 Å². The molecule has 90 valence electrons. The van der Waals surface area contributed by atoms with Gasteiger partial charge < -0.3 is 5.73 Å². The van der Waals surface area contributed by atoms with Crippen molar-refractivity contribution in [2.24, 2.45) is 0 Å². The van der Waals surface area contributed by atoms with Gasteiger partial charge in [-0.15, -0.1) is 0 Å². The van der Waals surface area contributed by atoms with Gasteiger partial charge in [-0.2, -0.15) is 9.61 Å². The first-order chi connectivity index (χ1) is 8.65. The van der Waals surface area contributed by atoms with E-state index in [-0.39, 0.29) is 0 Å². The highest BCUT2D eigenvalue weighted by Gasteiger charge is 2.10. The third-order valence-electron chi connectivity index (χ3n) is 2.76. The molecular weight excluding hydrogens is 292 g/mol. The van der Waals surface area contributed by atoms with E-state index in [4.69, 9.17) is 5.73 Å².